The maximum atomic E-state index is 5.90. The first-order valence-corrected chi connectivity index (χ1v) is 6.68. The molecule has 84 valence electrons. The van der Waals surface area contributed by atoms with Gasteiger partial charge in [-0.15, -0.1) is 11.3 Å². The predicted molar refractivity (Wildman–Crippen MR) is 77.0 cm³/mol. The molecular formula is C15H11ClS. The van der Waals surface area contributed by atoms with Crippen molar-refractivity contribution in [3.05, 3.63) is 59.1 Å². The van der Waals surface area contributed by atoms with Gasteiger partial charge in [0.1, 0.15) is 0 Å². The minimum atomic E-state index is 0.783. The molecule has 3 rings (SSSR count). The van der Waals surface area contributed by atoms with Crippen LogP contribution in [0.4, 0.5) is 0 Å². The summed E-state index contributed by atoms with van der Waals surface area (Å²) in [4.78, 5) is 1.29. The Morgan fingerprint density at radius 1 is 0.941 bits per heavy atom. The zero-order valence-corrected chi connectivity index (χ0v) is 11.0. The molecule has 2 aromatic carbocycles. The number of fused-ring (bicyclic) bond motifs is 1. The number of hydrogen-bond donors (Lipinski definition) is 0. The molecule has 0 fully saturated rings. The molecule has 0 nitrogen and oxygen atoms in total. The molecule has 0 saturated heterocycles. The van der Waals surface area contributed by atoms with E-state index < -0.39 is 0 Å². The lowest BCUT2D eigenvalue weighted by Gasteiger charge is -1.95. The SMILES string of the molecule is Cc1ccc2cc(-c3ccc(Cl)cc3)sc2c1. The van der Waals surface area contributed by atoms with Crippen LogP contribution in [0.3, 0.4) is 0 Å². The Kier molecular flexibility index (Phi) is 2.65. The summed E-state index contributed by atoms with van der Waals surface area (Å²) < 4.78 is 1.34. The second-order valence-electron chi connectivity index (χ2n) is 4.16. The summed E-state index contributed by atoms with van der Waals surface area (Å²) in [5.41, 5.74) is 2.54. The molecule has 0 spiro atoms. The van der Waals surface area contributed by atoms with Crippen LogP contribution in [-0.2, 0) is 0 Å². The summed E-state index contributed by atoms with van der Waals surface area (Å²) in [6.45, 7) is 2.13. The van der Waals surface area contributed by atoms with Crippen LogP contribution in [0.15, 0.2) is 48.5 Å². The van der Waals surface area contributed by atoms with E-state index in [0.29, 0.717) is 0 Å². The Morgan fingerprint density at radius 3 is 2.47 bits per heavy atom. The van der Waals surface area contributed by atoms with Gasteiger partial charge in [0.25, 0.3) is 0 Å². The van der Waals surface area contributed by atoms with Crippen molar-refractivity contribution < 1.29 is 0 Å². The summed E-state index contributed by atoms with van der Waals surface area (Å²) in [6.07, 6.45) is 0. The zero-order valence-electron chi connectivity index (χ0n) is 9.41. The maximum Gasteiger partial charge on any atom is 0.0406 e. The molecule has 0 unspecified atom stereocenters. The molecule has 3 aromatic rings. The number of benzene rings is 2. The van der Waals surface area contributed by atoms with Crippen LogP contribution < -0.4 is 0 Å². The normalized spacial score (nSPS) is 10.9. The number of thiophene rings is 1. The first-order chi connectivity index (χ1) is 8.22. The van der Waals surface area contributed by atoms with E-state index in [1.807, 2.05) is 23.5 Å². The largest absolute Gasteiger partial charge is 0.135 e. The van der Waals surface area contributed by atoms with Gasteiger partial charge in [-0.05, 0) is 47.7 Å². The molecule has 0 amide bonds. The molecule has 1 aromatic heterocycles. The van der Waals surface area contributed by atoms with Crippen LogP contribution >= 0.6 is 22.9 Å². The van der Waals surface area contributed by atoms with Gasteiger partial charge in [-0.1, -0.05) is 35.9 Å². The van der Waals surface area contributed by atoms with Crippen molar-refractivity contribution in [1.29, 1.82) is 0 Å². The number of aryl methyl sites for hydroxylation is 1. The van der Waals surface area contributed by atoms with Crippen LogP contribution in [0.5, 0.6) is 0 Å². The first-order valence-electron chi connectivity index (χ1n) is 5.48. The van der Waals surface area contributed by atoms with Crippen LogP contribution in [0.25, 0.3) is 20.5 Å². The lowest BCUT2D eigenvalue weighted by Crippen LogP contribution is -1.70. The standard InChI is InChI=1S/C15H11ClS/c1-10-2-3-12-9-15(17-14(12)8-10)11-4-6-13(16)7-5-11/h2-9H,1H3. The second-order valence-corrected chi connectivity index (χ2v) is 5.68. The zero-order chi connectivity index (χ0) is 11.8. The van der Waals surface area contributed by atoms with Gasteiger partial charge in [0.15, 0.2) is 0 Å². The molecular weight excluding hydrogens is 248 g/mol. The van der Waals surface area contributed by atoms with Gasteiger partial charge >= 0.3 is 0 Å². The molecule has 0 bridgehead atoms. The summed E-state index contributed by atoms with van der Waals surface area (Å²) in [6, 6.07) is 16.8. The minimum absolute atomic E-state index is 0.783. The molecule has 0 N–H and O–H groups in total. The van der Waals surface area contributed by atoms with Crippen LogP contribution in [0, 0.1) is 6.92 Å². The molecule has 17 heavy (non-hydrogen) atoms. The van der Waals surface area contributed by atoms with E-state index in [9.17, 15) is 0 Å². The van der Waals surface area contributed by atoms with Gasteiger partial charge in [0, 0.05) is 14.6 Å². The fourth-order valence-corrected chi connectivity index (χ4v) is 3.19. The highest BCUT2D eigenvalue weighted by atomic mass is 35.5. The third-order valence-corrected chi connectivity index (χ3v) is 4.20. The second kappa shape index (κ2) is 4.17. The summed E-state index contributed by atoms with van der Waals surface area (Å²) in [7, 11) is 0. The lowest BCUT2D eigenvalue weighted by molar-refractivity contribution is 1.52. The first kappa shape index (κ1) is 10.8. The van der Waals surface area contributed by atoms with E-state index in [1.165, 1.54) is 26.1 Å². The number of halogens is 1. The van der Waals surface area contributed by atoms with Crippen molar-refractivity contribution in [3.8, 4) is 10.4 Å². The van der Waals surface area contributed by atoms with Crippen molar-refractivity contribution in [2.24, 2.45) is 0 Å². The minimum Gasteiger partial charge on any atom is -0.135 e. The Morgan fingerprint density at radius 2 is 1.71 bits per heavy atom. The summed E-state index contributed by atoms with van der Waals surface area (Å²) in [5, 5.41) is 2.09. The molecule has 0 aliphatic rings. The predicted octanol–water partition coefficient (Wildman–Crippen LogP) is 5.53. The van der Waals surface area contributed by atoms with Crippen molar-refractivity contribution >= 4 is 33.0 Å². The monoisotopic (exact) mass is 258 g/mol. The third kappa shape index (κ3) is 2.08. The average molecular weight is 259 g/mol. The molecule has 0 atom stereocenters. The van der Waals surface area contributed by atoms with Crippen molar-refractivity contribution in [1.82, 2.24) is 0 Å². The molecule has 1 heterocycles. The Balaban J connectivity index is 2.14. The van der Waals surface area contributed by atoms with Crippen LogP contribution in [0.2, 0.25) is 5.02 Å². The molecule has 0 aliphatic carbocycles. The van der Waals surface area contributed by atoms with Crippen LogP contribution in [-0.4, -0.2) is 0 Å². The van der Waals surface area contributed by atoms with E-state index >= 15 is 0 Å². The maximum absolute atomic E-state index is 5.90. The van der Waals surface area contributed by atoms with Gasteiger partial charge in [-0.2, -0.15) is 0 Å². The summed E-state index contributed by atoms with van der Waals surface area (Å²) >= 11 is 7.73. The van der Waals surface area contributed by atoms with Gasteiger partial charge in [0.2, 0.25) is 0 Å². The quantitative estimate of drug-likeness (QED) is 0.538. The van der Waals surface area contributed by atoms with Crippen molar-refractivity contribution in [2.75, 3.05) is 0 Å². The van der Waals surface area contributed by atoms with E-state index in [1.54, 1.807) is 0 Å². The number of hydrogen-bond acceptors (Lipinski definition) is 1. The third-order valence-electron chi connectivity index (χ3n) is 2.80. The van der Waals surface area contributed by atoms with Gasteiger partial charge in [-0.3, -0.25) is 0 Å². The van der Waals surface area contributed by atoms with E-state index in [4.69, 9.17) is 11.6 Å². The van der Waals surface area contributed by atoms with E-state index in [-0.39, 0.29) is 0 Å². The fraction of sp³-hybridized carbons (Fsp3) is 0.0667. The molecule has 0 aliphatic heterocycles. The smallest absolute Gasteiger partial charge is 0.0406 e. The molecule has 0 radical (unpaired) electrons. The average Bonchev–Trinajstić information content (AvgIpc) is 2.72. The van der Waals surface area contributed by atoms with Crippen molar-refractivity contribution in [2.45, 2.75) is 6.92 Å². The highest BCUT2D eigenvalue weighted by Crippen LogP contribution is 2.34. The Bertz CT molecular complexity index is 665. The van der Waals surface area contributed by atoms with E-state index in [2.05, 4.69) is 43.3 Å². The Hall–Kier alpha value is -1.31. The van der Waals surface area contributed by atoms with Crippen LogP contribution in [0.1, 0.15) is 5.56 Å². The highest BCUT2D eigenvalue weighted by Gasteiger charge is 2.04. The van der Waals surface area contributed by atoms with Gasteiger partial charge in [0.05, 0.1) is 0 Å². The Labute approximate surface area is 109 Å². The molecule has 2 heteroatoms. The lowest BCUT2D eigenvalue weighted by atomic mass is 10.1. The van der Waals surface area contributed by atoms with E-state index in [0.717, 1.165) is 5.02 Å². The number of rotatable bonds is 1. The summed E-state index contributed by atoms with van der Waals surface area (Å²) in [5.74, 6) is 0. The van der Waals surface area contributed by atoms with Gasteiger partial charge < -0.3 is 0 Å². The topological polar surface area (TPSA) is 0 Å². The fourth-order valence-electron chi connectivity index (χ4n) is 1.89. The van der Waals surface area contributed by atoms with Crippen molar-refractivity contribution in [3.63, 3.8) is 0 Å². The highest BCUT2D eigenvalue weighted by molar-refractivity contribution is 7.22. The molecule has 0 saturated carbocycles. The van der Waals surface area contributed by atoms with Gasteiger partial charge in [-0.25, -0.2) is 0 Å².